The van der Waals surface area contributed by atoms with Gasteiger partial charge in [-0.2, -0.15) is 5.26 Å². The van der Waals surface area contributed by atoms with Gasteiger partial charge in [-0.3, -0.25) is 4.79 Å². The van der Waals surface area contributed by atoms with E-state index in [1.165, 1.54) is 12.1 Å². The number of rotatable bonds is 5. The van der Waals surface area contributed by atoms with E-state index >= 15 is 0 Å². The Balaban J connectivity index is 2.87. The van der Waals surface area contributed by atoms with Gasteiger partial charge < -0.3 is 10.4 Å². The van der Waals surface area contributed by atoms with Crippen molar-refractivity contribution in [3.63, 3.8) is 0 Å². The minimum atomic E-state index is -1.07. The molecule has 0 bridgehead atoms. The Morgan fingerprint density at radius 1 is 1.45 bits per heavy atom. The fourth-order valence-corrected chi connectivity index (χ4v) is 1.73. The molecular weight excluding hydrogens is 258 g/mol. The number of carbonyl (C=O) groups excluding carboxylic acids is 1. The van der Waals surface area contributed by atoms with Crippen LogP contribution in [0.2, 0.25) is 0 Å². The van der Waals surface area contributed by atoms with Crippen molar-refractivity contribution in [1.82, 2.24) is 10.3 Å². The third kappa shape index (κ3) is 4.05. The molecule has 0 aliphatic carbocycles. The predicted molar refractivity (Wildman–Crippen MR) is 72.0 cm³/mol. The molecule has 1 heterocycles. The second-order valence-corrected chi connectivity index (χ2v) is 4.94. The first kappa shape index (κ1) is 15.6. The zero-order valence-electron chi connectivity index (χ0n) is 11.7. The molecule has 106 valence electrons. The summed E-state index contributed by atoms with van der Waals surface area (Å²) in [6.45, 7) is 5.39. The number of aliphatic carboxylic acids is 1. The molecule has 0 saturated heterocycles. The summed E-state index contributed by atoms with van der Waals surface area (Å²) in [4.78, 5) is 27.1. The zero-order valence-corrected chi connectivity index (χ0v) is 11.7. The number of nitrogens with zero attached hydrogens (tertiary/aromatic N) is 2. The van der Waals surface area contributed by atoms with Crippen molar-refractivity contribution >= 4 is 11.9 Å². The van der Waals surface area contributed by atoms with Gasteiger partial charge in [0.1, 0.15) is 17.8 Å². The van der Waals surface area contributed by atoms with Crippen LogP contribution in [-0.4, -0.2) is 28.0 Å². The molecule has 1 rings (SSSR count). The van der Waals surface area contributed by atoms with Crippen molar-refractivity contribution in [3.05, 3.63) is 29.1 Å². The largest absolute Gasteiger partial charge is 0.480 e. The molecular formula is C14H17N3O3. The lowest BCUT2D eigenvalue weighted by molar-refractivity contribution is -0.139. The number of carbonyl (C=O) groups is 2. The van der Waals surface area contributed by atoms with Crippen molar-refractivity contribution in [1.29, 1.82) is 5.26 Å². The molecule has 0 saturated carbocycles. The highest BCUT2D eigenvalue weighted by molar-refractivity contribution is 5.95. The second kappa shape index (κ2) is 6.66. The standard InChI is InChI=1S/C14H17N3O3/c1-8(2)6-12(14(19)20)17-13(18)11-5-4-10(7-15)9(3)16-11/h4-5,8,12H,6H2,1-3H3,(H,17,18)(H,19,20). The first-order chi connectivity index (χ1) is 9.35. The number of carboxylic acid groups (broad SMARTS) is 1. The molecule has 0 aliphatic rings. The average Bonchev–Trinajstić information content (AvgIpc) is 2.37. The summed E-state index contributed by atoms with van der Waals surface area (Å²) >= 11 is 0. The number of carboxylic acids is 1. The minimum Gasteiger partial charge on any atom is -0.480 e. The Morgan fingerprint density at radius 2 is 2.10 bits per heavy atom. The Kier molecular flexibility index (Phi) is 5.21. The highest BCUT2D eigenvalue weighted by Gasteiger charge is 2.22. The van der Waals surface area contributed by atoms with Crippen LogP contribution in [0.3, 0.4) is 0 Å². The average molecular weight is 275 g/mol. The highest BCUT2D eigenvalue weighted by Crippen LogP contribution is 2.08. The Morgan fingerprint density at radius 3 is 2.55 bits per heavy atom. The molecule has 6 nitrogen and oxygen atoms in total. The Labute approximate surface area is 117 Å². The number of nitriles is 1. The SMILES string of the molecule is Cc1nc(C(=O)NC(CC(C)C)C(=O)O)ccc1C#N. The fourth-order valence-electron chi connectivity index (χ4n) is 1.73. The van der Waals surface area contributed by atoms with Gasteiger partial charge in [0, 0.05) is 0 Å². The summed E-state index contributed by atoms with van der Waals surface area (Å²) < 4.78 is 0. The van der Waals surface area contributed by atoms with Gasteiger partial charge in [0.15, 0.2) is 0 Å². The monoisotopic (exact) mass is 275 g/mol. The molecule has 0 spiro atoms. The van der Waals surface area contributed by atoms with Crippen LogP contribution in [0.15, 0.2) is 12.1 Å². The van der Waals surface area contributed by atoms with Crippen molar-refractivity contribution in [2.24, 2.45) is 5.92 Å². The third-order valence-corrected chi connectivity index (χ3v) is 2.75. The first-order valence-electron chi connectivity index (χ1n) is 6.26. The Bertz CT molecular complexity index is 561. The molecule has 1 aromatic rings. The van der Waals surface area contributed by atoms with E-state index in [9.17, 15) is 9.59 Å². The van der Waals surface area contributed by atoms with Crippen LogP contribution >= 0.6 is 0 Å². The summed E-state index contributed by atoms with van der Waals surface area (Å²) in [7, 11) is 0. The highest BCUT2D eigenvalue weighted by atomic mass is 16.4. The van der Waals surface area contributed by atoms with E-state index in [-0.39, 0.29) is 11.6 Å². The summed E-state index contributed by atoms with van der Waals surface area (Å²) in [5.74, 6) is -1.48. The quantitative estimate of drug-likeness (QED) is 0.847. The molecule has 0 aliphatic heterocycles. The summed E-state index contributed by atoms with van der Waals surface area (Å²) in [5, 5.41) is 20.3. The maximum atomic E-state index is 12.0. The van der Waals surface area contributed by atoms with Gasteiger partial charge in [-0.05, 0) is 31.4 Å². The number of aryl methyl sites for hydroxylation is 1. The summed E-state index contributed by atoms with van der Waals surface area (Å²) in [6.07, 6.45) is 0.344. The van der Waals surface area contributed by atoms with Crippen LogP contribution in [0.1, 0.15) is 42.0 Å². The van der Waals surface area contributed by atoms with Crippen molar-refractivity contribution in [3.8, 4) is 6.07 Å². The number of amides is 1. The molecule has 20 heavy (non-hydrogen) atoms. The number of pyridine rings is 1. The van der Waals surface area contributed by atoms with Crippen LogP contribution in [0.5, 0.6) is 0 Å². The van der Waals surface area contributed by atoms with Crippen LogP contribution in [-0.2, 0) is 4.79 Å². The van der Waals surface area contributed by atoms with Gasteiger partial charge in [0.2, 0.25) is 0 Å². The number of aromatic nitrogens is 1. The third-order valence-electron chi connectivity index (χ3n) is 2.75. The normalized spacial score (nSPS) is 11.8. The Hall–Kier alpha value is -2.42. The van der Waals surface area contributed by atoms with E-state index in [2.05, 4.69) is 10.3 Å². The van der Waals surface area contributed by atoms with Crippen molar-refractivity contribution in [2.45, 2.75) is 33.2 Å². The van der Waals surface area contributed by atoms with Crippen molar-refractivity contribution < 1.29 is 14.7 Å². The molecule has 1 aromatic heterocycles. The van der Waals surface area contributed by atoms with Crippen molar-refractivity contribution in [2.75, 3.05) is 0 Å². The van der Waals surface area contributed by atoms with E-state index in [4.69, 9.17) is 10.4 Å². The molecule has 1 amide bonds. The number of hydrogen-bond donors (Lipinski definition) is 2. The molecule has 0 radical (unpaired) electrons. The topological polar surface area (TPSA) is 103 Å². The van der Waals surface area contributed by atoms with Gasteiger partial charge in [-0.15, -0.1) is 0 Å². The molecule has 1 unspecified atom stereocenters. The minimum absolute atomic E-state index is 0.108. The van der Waals surface area contributed by atoms with E-state index < -0.39 is 17.9 Å². The summed E-state index contributed by atoms with van der Waals surface area (Å²) in [5.41, 5.74) is 0.936. The molecule has 2 N–H and O–H groups in total. The van der Waals surface area contributed by atoms with E-state index in [0.717, 1.165) is 0 Å². The second-order valence-electron chi connectivity index (χ2n) is 4.94. The maximum Gasteiger partial charge on any atom is 0.326 e. The first-order valence-corrected chi connectivity index (χ1v) is 6.26. The van der Waals surface area contributed by atoms with Gasteiger partial charge in [0.05, 0.1) is 11.3 Å². The van der Waals surface area contributed by atoms with Crippen LogP contribution in [0.25, 0.3) is 0 Å². The number of nitrogens with one attached hydrogen (secondary N) is 1. The lowest BCUT2D eigenvalue weighted by Gasteiger charge is -2.16. The van der Waals surface area contributed by atoms with Gasteiger partial charge in [-0.1, -0.05) is 13.8 Å². The van der Waals surface area contributed by atoms with Gasteiger partial charge >= 0.3 is 5.97 Å². The maximum absolute atomic E-state index is 12.0. The fraction of sp³-hybridized carbons (Fsp3) is 0.429. The van der Waals surface area contributed by atoms with Crippen LogP contribution in [0.4, 0.5) is 0 Å². The smallest absolute Gasteiger partial charge is 0.326 e. The van der Waals surface area contributed by atoms with Gasteiger partial charge in [-0.25, -0.2) is 9.78 Å². The lowest BCUT2D eigenvalue weighted by Crippen LogP contribution is -2.42. The van der Waals surface area contributed by atoms with Crippen LogP contribution in [0, 0.1) is 24.2 Å². The van der Waals surface area contributed by atoms with Gasteiger partial charge in [0.25, 0.3) is 5.91 Å². The molecule has 1 atom stereocenters. The lowest BCUT2D eigenvalue weighted by atomic mass is 10.0. The molecule has 0 aromatic carbocycles. The molecule has 0 fully saturated rings. The van der Waals surface area contributed by atoms with E-state index in [1.54, 1.807) is 6.92 Å². The molecule has 6 heteroatoms. The van der Waals surface area contributed by atoms with E-state index in [1.807, 2.05) is 19.9 Å². The van der Waals surface area contributed by atoms with E-state index in [0.29, 0.717) is 17.7 Å². The predicted octanol–water partition coefficient (Wildman–Crippen LogP) is 1.49. The van der Waals surface area contributed by atoms with Crippen LogP contribution < -0.4 is 5.32 Å². The summed E-state index contributed by atoms with van der Waals surface area (Å²) in [6, 6.07) is 3.92. The zero-order chi connectivity index (χ0) is 15.3. The number of hydrogen-bond acceptors (Lipinski definition) is 4.